The van der Waals surface area contributed by atoms with Gasteiger partial charge in [-0.05, 0) is 42.3 Å². The Bertz CT molecular complexity index is 1320. The van der Waals surface area contributed by atoms with Crippen LogP contribution in [0.25, 0.3) is 5.69 Å². The number of hydrogen-bond donors (Lipinski definition) is 2. The van der Waals surface area contributed by atoms with Crippen molar-refractivity contribution in [2.24, 2.45) is 17.1 Å². The highest BCUT2D eigenvalue weighted by molar-refractivity contribution is 8.14. The van der Waals surface area contributed by atoms with Crippen molar-refractivity contribution < 1.29 is 4.79 Å². The first-order valence-corrected chi connectivity index (χ1v) is 10.8. The van der Waals surface area contributed by atoms with Crippen LogP contribution >= 0.6 is 11.8 Å². The Morgan fingerprint density at radius 3 is 2.68 bits per heavy atom. The van der Waals surface area contributed by atoms with Crippen molar-refractivity contribution in [3.63, 3.8) is 0 Å². The number of rotatable bonds is 3. The lowest BCUT2D eigenvalue weighted by Crippen LogP contribution is -2.25. The van der Waals surface area contributed by atoms with Crippen molar-refractivity contribution in [2.45, 2.75) is 13.3 Å². The van der Waals surface area contributed by atoms with E-state index in [2.05, 4.69) is 20.8 Å². The van der Waals surface area contributed by atoms with Crippen molar-refractivity contribution in [2.75, 3.05) is 11.1 Å². The molecule has 1 aromatic heterocycles. The Kier molecular flexibility index (Phi) is 4.74. The number of para-hydroxylation sites is 1. The van der Waals surface area contributed by atoms with Crippen molar-refractivity contribution >= 4 is 39.9 Å². The number of aromatic nitrogens is 2. The number of carbonyl (C=O) groups is 1. The number of thioether (sulfide) groups is 1. The molecule has 8 nitrogen and oxygen atoms in total. The molecule has 0 aliphatic carbocycles. The zero-order valence-electron chi connectivity index (χ0n) is 17.0. The molecule has 1 amide bonds. The van der Waals surface area contributed by atoms with Crippen molar-refractivity contribution in [3.8, 4) is 5.69 Å². The lowest BCUT2D eigenvalue weighted by molar-refractivity contribution is -0.115. The minimum Gasteiger partial charge on any atom is -0.326 e. The van der Waals surface area contributed by atoms with Crippen molar-refractivity contribution in [3.05, 3.63) is 75.7 Å². The van der Waals surface area contributed by atoms with Gasteiger partial charge in [0.25, 0.3) is 5.56 Å². The predicted molar refractivity (Wildman–Crippen MR) is 124 cm³/mol. The van der Waals surface area contributed by atoms with E-state index in [4.69, 9.17) is 0 Å². The van der Waals surface area contributed by atoms with E-state index in [0.717, 1.165) is 33.9 Å². The zero-order chi connectivity index (χ0) is 21.5. The minimum atomic E-state index is -0.174. The molecular formula is C22H20N6O2S. The molecule has 0 atom stereocenters. The quantitative estimate of drug-likeness (QED) is 0.666. The third-order valence-electron chi connectivity index (χ3n) is 5.43. The highest BCUT2D eigenvalue weighted by Crippen LogP contribution is 2.26. The number of amides is 1. The van der Waals surface area contributed by atoms with Crippen LogP contribution in [-0.2, 0) is 18.3 Å². The van der Waals surface area contributed by atoms with Crippen LogP contribution in [0.15, 0.2) is 63.4 Å². The highest BCUT2D eigenvalue weighted by atomic mass is 32.2. The first-order chi connectivity index (χ1) is 15.0. The highest BCUT2D eigenvalue weighted by Gasteiger charge is 2.21. The first kappa shape index (κ1) is 19.4. The van der Waals surface area contributed by atoms with Crippen molar-refractivity contribution in [1.82, 2.24) is 14.8 Å². The van der Waals surface area contributed by atoms with Crippen LogP contribution in [0.5, 0.6) is 0 Å². The molecule has 0 bridgehead atoms. The molecule has 5 rings (SSSR count). The van der Waals surface area contributed by atoms with Gasteiger partial charge >= 0.3 is 0 Å². The number of amidine groups is 1. The third kappa shape index (κ3) is 3.46. The molecule has 0 fully saturated rings. The van der Waals surface area contributed by atoms with Gasteiger partial charge in [-0.2, -0.15) is 5.10 Å². The van der Waals surface area contributed by atoms with E-state index in [9.17, 15) is 9.59 Å². The summed E-state index contributed by atoms with van der Waals surface area (Å²) < 4.78 is 3.41. The molecule has 2 aromatic carbocycles. The fourth-order valence-corrected chi connectivity index (χ4v) is 4.49. The molecule has 31 heavy (non-hydrogen) atoms. The van der Waals surface area contributed by atoms with Gasteiger partial charge in [-0.15, -0.1) is 0 Å². The van der Waals surface area contributed by atoms with Crippen LogP contribution in [0, 0.1) is 6.92 Å². The number of hydrazone groups is 1. The van der Waals surface area contributed by atoms with Crippen LogP contribution in [0.4, 0.5) is 11.4 Å². The van der Waals surface area contributed by atoms with Gasteiger partial charge in [0.05, 0.1) is 23.5 Å². The van der Waals surface area contributed by atoms with E-state index >= 15 is 0 Å². The second-order valence-corrected chi connectivity index (χ2v) is 8.35. The standard InChI is InChI=1S/C22H20N6O2S/c1-13-20(21(30)28(27(13)2)16-6-4-3-5-7-16)24-22-26-25-18(12-31-22)14-8-9-17-15(10-14)11-19(29)23-17/h3-10H,11-12H2,1-2H3,(H,23,29)(H,24,26). The van der Waals surface area contributed by atoms with E-state index in [-0.39, 0.29) is 11.5 Å². The molecular weight excluding hydrogens is 412 g/mol. The number of fused-ring (bicyclic) bond motifs is 1. The molecule has 0 saturated carbocycles. The van der Waals surface area contributed by atoms with Crippen LogP contribution in [-0.4, -0.2) is 31.9 Å². The number of aliphatic imine (C=N–C) groups is 1. The number of nitrogens with one attached hydrogen (secondary N) is 2. The predicted octanol–water partition coefficient (Wildman–Crippen LogP) is 2.71. The van der Waals surface area contributed by atoms with Crippen LogP contribution in [0.1, 0.15) is 16.8 Å². The summed E-state index contributed by atoms with van der Waals surface area (Å²) in [4.78, 5) is 29.2. The number of anilines is 1. The summed E-state index contributed by atoms with van der Waals surface area (Å²) in [6.45, 7) is 1.88. The molecule has 0 unspecified atom stereocenters. The number of hydrogen-bond acceptors (Lipinski definition) is 5. The number of nitrogens with zero attached hydrogens (tertiary/aromatic N) is 4. The van der Waals surface area contributed by atoms with E-state index in [1.54, 1.807) is 9.36 Å². The molecule has 0 spiro atoms. The van der Waals surface area contributed by atoms with Gasteiger partial charge in [-0.1, -0.05) is 36.0 Å². The molecule has 156 valence electrons. The largest absolute Gasteiger partial charge is 0.326 e. The zero-order valence-corrected chi connectivity index (χ0v) is 17.9. The first-order valence-electron chi connectivity index (χ1n) is 9.82. The molecule has 2 aliphatic heterocycles. The Morgan fingerprint density at radius 1 is 1.13 bits per heavy atom. The molecule has 9 heteroatoms. The summed E-state index contributed by atoms with van der Waals surface area (Å²) in [6, 6.07) is 15.3. The van der Waals surface area contributed by atoms with Gasteiger partial charge in [0, 0.05) is 18.5 Å². The van der Waals surface area contributed by atoms with Gasteiger partial charge in [-0.3, -0.25) is 19.7 Å². The molecule has 0 radical (unpaired) electrons. The van der Waals surface area contributed by atoms with Crippen LogP contribution in [0.3, 0.4) is 0 Å². The van der Waals surface area contributed by atoms with Gasteiger partial charge in [-0.25, -0.2) is 9.67 Å². The van der Waals surface area contributed by atoms with Gasteiger partial charge in [0.15, 0.2) is 10.9 Å². The maximum absolute atomic E-state index is 13.0. The van der Waals surface area contributed by atoms with Gasteiger partial charge in [0.2, 0.25) is 5.91 Å². The van der Waals surface area contributed by atoms with Gasteiger partial charge < -0.3 is 5.32 Å². The SMILES string of the molecule is Cc1c(N=C2NN=C(c3ccc4c(c3)CC(=O)N4)CS2)c(=O)n(-c2ccccc2)n1C. The van der Waals surface area contributed by atoms with E-state index < -0.39 is 0 Å². The van der Waals surface area contributed by atoms with E-state index in [1.165, 1.54) is 11.8 Å². The molecule has 2 aliphatic rings. The Hall–Kier alpha value is -3.59. The number of benzene rings is 2. The second-order valence-electron chi connectivity index (χ2n) is 7.38. The Labute approximate surface area is 182 Å². The average Bonchev–Trinajstić information content (AvgIpc) is 3.26. The Morgan fingerprint density at radius 2 is 1.94 bits per heavy atom. The number of carbonyl (C=O) groups excluding carboxylic acids is 1. The summed E-state index contributed by atoms with van der Waals surface area (Å²) in [5, 5.41) is 7.88. The normalized spacial score (nSPS) is 16.6. The van der Waals surface area contributed by atoms with Crippen LogP contribution < -0.4 is 16.3 Å². The summed E-state index contributed by atoms with van der Waals surface area (Å²) >= 11 is 1.49. The lowest BCUT2D eigenvalue weighted by atomic mass is 10.1. The molecule has 0 saturated heterocycles. The topological polar surface area (TPSA) is 92.8 Å². The third-order valence-corrected chi connectivity index (χ3v) is 6.31. The Balaban J connectivity index is 1.42. The van der Waals surface area contributed by atoms with Crippen molar-refractivity contribution in [1.29, 1.82) is 0 Å². The van der Waals surface area contributed by atoms with E-state index in [0.29, 0.717) is 23.0 Å². The summed E-state index contributed by atoms with van der Waals surface area (Å²) in [5.74, 6) is 0.629. The lowest BCUT2D eigenvalue weighted by Gasteiger charge is -2.15. The maximum atomic E-state index is 13.0. The second kappa shape index (κ2) is 7.59. The van der Waals surface area contributed by atoms with Crippen LogP contribution in [0.2, 0.25) is 0 Å². The fraction of sp³-hybridized carbons (Fsp3) is 0.182. The summed E-state index contributed by atoms with van der Waals surface area (Å²) in [6.07, 6.45) is 0.394. The average molecular weight is 433 g/mol. The van der Waals surface area contributed by atoms with E-state index in [1.807, 2.05) is 62.5 Å². The molecule has 3 aromatic rings. The minimum absolute atomic E-state index is 0.0130. The van der Waals surface area contributed by atoms with Gasteiger partial charge in [0.1, 0.15) is 0 Å². The summed E-state index contributed by atoms with van der Waals surface area (Å²) in [5.41, 5.74) is 8.44. The maximum Gasteiger partial charge on any atom is 0.297 e. The molecule has 2 N–H and O–H groups in total. The fourth-order valence-electron chi connectivity index (χ4n) is 3.72. The molecule has 3 heterocycles. The summed E-state index contributed by atoms with van der Waals surface area (Å²) in [7, 11) is 1.85. The monoisotopic (exact) mass is 432 g/mol. The smallest absolute Gasteiger partial charge is 0.297 e.